The summed E-state index contributed by atoms with van der Waals surface area (Å²) in [4.78, 5) is 0. The van der Waals surface area contributed by atoms with Crippen molar-refractivity contribution < 1.29 is 61.3 Å². The maximum atomic E-state index is 8.96. The Morgan fingerprint density at radius 2 is 0.458 bits per heavy atom. The van der Waals surface area contributed by atoms with E-state index < -0.39 is 75.3 Å². The fraction of sp³-hybridized carbons (Fsp3) is 1.00. The zero-order valence-corrected chi connectivity index (χ0v) is 12.8. The molecular weight excluding hydrogens is 336 g/mol. The van der Waals surface area contributed by atoms with Crippen LogP contribution in [0.1, 0.15) is 0 Å². The highest BCUT2D eigenvalue weighted by Crippen LogP contribution is 2.04. The lowest BCUT2D eigenvalue weighted by Gasteiger charge is -2.24. The third kappa shape index (κ3) is 9.12. The second-order valence-electron chi connectivity index (χ2n) is 4.96. The van der Waals surface area contributed by atoms with Gasteiger partial charge in [-0.2, -0.15) is 0 Å². The van der Waals surface area contributed by atoms with Crippen LogP contribution in [-0.4, -0.2) is 137 Å². The van der Waals surface area contributed by atoms with Crippen molar-refractivity contribution in [3.8, 4) is 0 Å². The fourth-order valence-electron chi connectivity index (χ4n) is 1.34. The topological polar surface area (TPSA) is 243 Å². The SMILES string of the molecule is OC[C@@H](O)[C@H](O)[C@H](O)[C@@H](O)CO.OC[C@@H](O)[C@H](O)[C@H](O)[C@H](O)CO. The number of rotatable bonds is 10. The number of aliphatic hydroxyl groups is 12. The van der Waals surface area contributed by atoms with Crippen LogP contribution in [0.5, 0.6) is 0 Å². The quantitative estimate of drug-likeness (QED) is 0.173. The number of hydrogen-bond donors (Lipinski definition) is 12. The molecular formula is C12H28O12. The molecule has 12 heteroatoms. The van der Waals surface area contributed by atoms with Crippen LogP contribution in [0.3, 0.4) is 0 Å². The van der Waals surface area contributed by atoms with E-state index in [1.165, 1.54) is 0 Å². The van der Waals surface area contributed by atoms with Crippen LogP contribution < -0.4 is 0 Å². The van der Waals surface area contributed by atoms with Gasteiger partial charge in [0, 0.05) is 0 Å². The summed E-state index contributed by atoms with van der Waals surface area (Å²) in [6.45, 7) is -2.90. The second-order valence-corrected chi connectivity index (χ2v) is 4.96. The molecule has 0 saturated carbocycles. The average Bonchev–Trinajstić information content (AvgIpc) is 2.62. The Kier molecular flexibility index (Phi) is 14.8. The zero-order chi connectivity index (χ0) is 19.4. The monoisotopic (exact) mass is 364 g/mol. The van der Waals surface area contributed by atoms with Crippen LogP contribution in [0.4, 0.5) is 0 Å². The van der Waals surface area contributed by atoms with Gasteiger partial charge in [-0.25, -0.2) is 0 Å². The highest BCUT2D eigenvalue weighted by molar-refractivity contribution is 4.80. The Hall–Kier alpha value is -0.480. The molecule has 0 radical (unpaired) electrons. The van der Waals surface area contributed by atoms with Gasteiger partial charge in [-0.1, -0.05) is 0 Å². The Balaban J connectivity index is 0. The summed E-state index contributed by atoms with van der Waals surface area (Å²) >= 11 is 0. The van der Waals surface area contributed by atoms with E-state index in [0.717, 1.165) is 0 Å². The van der Waals surface area contributed by atoms with Gasteiger partial charge in [0.15, 0.2) is 0 Å². The highest BCUT2D eigenvalue weighted by Gasteiger charge is 2.30. The molecule has 0 fully saturated rings. The molecule has 12 nitrogen and oxygen atoms in total. The molecule has 0 aliphatic rings. The van der Waals surface area contributed by atoms with Gasteiger partial charge in [0.2, 0.25) is 0 Å². The first-order valence-corrected chi connectivity index (χ1v) is 6.96. The molecule has 0 bridgehead atoms. The van der Waals surface area contributed by atoms with Crippen LogP contribution in [0.25, 0.3) is 0 Å². The predicted octanol–water partition coefficient (Wildman–Crippen LogP) is -7.17. The lowest BCUT2D eigenvalue weighted by Crippen LogP contribution is -2.46. The van der Waals surface area contributed by atoms with Crippen LogP contribution in [0, 0.1) is 0 Å². The molecule has 148 valence electrons. The molecule has 0 aromatic carbocycles. The van der Waals surface area contributed by atoms with E-state index in [0.29, 0.717) is 0 Å². The summed E-state index contributed by atoms with van der Waals surface area (Å²) < 4.78 is 0. The first-order valence-electron chi connectivity index (χ1n) is 6.96. The molecule has 0 aromatic heterocycles. The summed E-state index contributed by atoms with van der Waals surface area (Å²) in [6, 6.07) is 0. The Bertz CT molecular complexity index is 237. The van der Waals surface area contributed by atoms with Crippen molar-refractivity contribution in [2.45, 2.75) is 48.8 Å². The normalized spacial score (nSPS) is 21.5. The molecule has 24 heavy (non-hydrogen) atoms. The molecule has 0 saturated heterocycles. The van der Waals surface area contributed by atoms with Gasteiger partial charge in [-0.05, 0) is 0 Å². The van der Waals surface area contributed by atoms with Crippen LogP contribution >= 0.6 is 0 Å². The average molecular weight is 364 g/mol. The van der Waals surface area contributed by atoms with E-state index in [4.69, 9.17) is 61.3 Å². The second kappa shape index (κ2) is 13.8. The molecule has 0 aliphatic heterocycles. The zero-order valence-electron chi connectivity index (χ0n) is 12.8. The van der Waals surface area contributed by atoms with Crippen molar-refractivity contribution in [2.24, 2.45) is 0 Å². The van der Waals surface area contributed by atoms with E-state index in [-0.39, 0.29) is 0 Å². The van der Waals surface area contributed by atoms with E-state index >= 15 is 0 Å². The van der Waals surface area contributed by atoms with Crippen molar-refractivity contribution in [2.75, 3.05) is 26.4 Å². The van der Waals surface area contributed by atoms with E-state index in [1.54, 1.807) is 0 Å². The van der Waals surface area contributed by atoms with E-state index in [1.807, 2.05) is 0 Å². The largest absolute Gasteiger partial charge is 0.394 e. The van der Waals surface area contributed by atoms with E-state index in [2.05, 4.69) is 0 Å². The lowest BCUT2D eigenvalue weighted by molar-refractivity contribution is -0.123. The Morgan fingerprint density at radius 1 is 0.333 bits per heavy atom. The summed E-state index contributed by atoms with van der Waals surface area (Å²) in [5.41, 5.74) is 0. The smallest absolute Gasteiger partial charge is 0.111 e. The summed E-state index contributed by atoms with van der Waals surface area (Å²) in [5, 5.41) is 104. The van der Waals surface area contributed by atoms with Crippen molar-refractivity contribution >= 4 is 0 Å². The van der Waals surface area contributed by atoms with Gasteiger partial charge < -0.3 is 61.3 Å². The highest BCUT2D eigenvalue weighted by atomic mass is 16.4. The third-order valence-electron chi connectivity index (χ3n) is 3.02. The molecule has 0 rings (SSSR count). The molecule has 0 heterocycles. The Morgan fingerprint density at radius 3 is 0.542 bits per heavy atom. The van der Waals surface area contributed by atoms with Crippen molar-refractivity contribution in [3.05, 3.63) is 0 Å². The standard InChI is InChI=1S/2C6H14O6/c2*7-1-3(9)5(11)6(12)4(10)2-8/h2*3-12H,1-2H2/t3-,4+,5+,6-;3-,4-,5-,6+/m.1/s1. The maximum Gasteiger partial charge on any atom is 0.111 e. The van der Waals surface area contributed by atoms with Gasteiger partial charge in [-0.3, -0.25) is 0 Å². The molecule has 0 unspecified atom stereocenters. The minimum atomic E-state index is -1.67. The first-order chi connectivity index (χ1) is 11.1. The molecule has 0 aromatic rings. The van der Waals surface area contributed by atoms with Crippen LogP contribution in [-0.2, 0) is 0 Å². The summed E-state index contributed by atoms with van der Waals surface area (Å²) in [7, 11) is 0. The van der Waals surface area contributed by atoms with Crippen LogP contribution in [0.2, 0.25) is 0 Å². The third-order valence-corrected chi connectivity index (χ3v) is 3.02. The van der Waals surface area contributed by atoms with Crippen molar-refractivity contribution in [1.82, 2.24) is 0 Å². The predicted molar refractivity (Wildman–Crippen MR) is 76.4 cm³/mol. The molecule has 0 amide bonds. The number of aliphatic hydroxyl groups excluding tert-OH is 12. The molecule has 8 atom stereocenters. The minimum absolute atomic E-state index is 0.726. The van der Waals surface area contributed by atoms with Crippen LogP contribution in [0.15, 0.2) is 0 Å². The lowest BCUT2D eigenvalue weighted by atomic mass is 10.0. The van der Waals surface area contributed by atoms with Gasteiger partial charge in [0.1, 0.15) is 48.8 Å². The Labute approximate surface area is 137 Å². The fourth-order valence-corrected chi connectivity index (χ4v) is 1.34. The summed E-state index contributed by atoms with van der Waals surface area (Å²) in [5.74, 6) is 0. The van der Waals surface area contributed by atoms with Gasteiger partial charge >= 0.3 is 0 Å². The van der Waals surface area contributed by atoms with Gasteiger partial charge in [0.25, 0.3) is 0 Å². The minimum Gasteiger partial charge on any atom is -0.394 e. The summed E-state index contributed by atoms with van der Waals surface area (Å²) in [6.07, 6.45) is -12.8. The van der Waals surface area contributed by atoms with Crippen molar-refractivity contribution in [3.63, 3.8) is 0 Å². The number of hydrogen-bond acceptors (Lipinski definition) is 12. The maximum absolute atomic E-state index is 8.96. The molecule has 0 spiro atoms. The molecule has 0 aliphatic carbocycles. The van der Waals surface area contributed by atoms with Crippen molar-refractivity contribution in [1.29, 1.82) is 0 Å². The first kappa shape index (κ1) is 25.8. The van der Waals surface area contributed by atoms with Gasteiger partial charge in [0.05, 0.1) is 26.4 Å². The molecule has 12 N–H and O–H groups in total. The van der Waals surface area contributed by atoms with E-state index in [9.17, 15) is 0 Å². The van der Waals surface area contributed by atoms with Gasteiger partial charge in [-0.15, -0.1) is 0 Å².